The van der Waals surface area contributed by atoms with Gasteiger partial charge in [0.05, 0.1) is 20.3 Å². The van der Waals surface area contributed by atoms with Crippen LogP contribution in [0.3, 0.4) is 0 Å². The lowest BCUT2D eigenvalue weighted by atomic mass is 10.0. The van der Waals surface area contributed by atoms with Crippen molar-refractivity contribution in [2.45, 2.75) is 32.4 Å². The molecule has 1 amide bonds. The summed E-state index contributed by atoms with van der Waals surface area (Å²) in [5.74, 6) is 1.46. The highest BCUT2D eigenvalue weighted by molar-refractivity contribution is 5.68. The topological polar surface area (TPSA) is 60.0 Å². The lowest BCUT2D eigenvalue weighted by Gasteiger charge is -2.35. The van der Waals surface area contributed by atoms with Gasteiger partial charge in [0.2, 0.25) is 0 Å². The summed E-state index contributed by atoms with van der Waals surface area (Å²) in [7, 11) is 3.25. The molecule has 0 radical (unpaired) electrons. The Hall–Kier alpha value is -1.95. The van der Waals surface area contributed by atoms with Crippen molar-refractivity contribution in [3.05, 3.63) is 23.8 Å². The number of ether oxygens (including phenoxy) is 3. The van der Waals surface area contributed by atoms with Crippen LogP contribution in [0.1, 0.15) is 32.4 Å². The van der Waals surface area contributed by atoms with Crippen LogP contribution in [0.5, 0.6) is 11.5 Å². The molecule has 0 aromatic heterocycles. The number of benzene rings is 1. The van der Waals surface area contributed by atoms with Crippen molar-refractivity contribution in [1.29, 1.82) is 0 Å². The highest BCUT2D eigenvalue weighted by atomic mass is 16.6. The maximum atomic E-state index is 12.3. The third kappa shape index (κ3) is 4.76. The summed E-state index contributed by atoms with van der Waals surface area (Å²) in [6.45, 7) is 7.51. The first kappa shape index (κ1) is 17.4. The van der Waals surface area contributed by atoms with Gasteiger partial charge in [-0.05, 0) is 38.5 Å². The minimum atomic E-state index is -0.489. The van der Waals surface area contributed by atoms with Crippen molar-refractivity contribution < 1.29 is 19.0 Å². The predicted octanol–water partition coefficient (Wildman–Crippen LogP) is 2.59. The van der Waals surface area contributed by atoms with Crippen molar-refractivity contribution in [2.75, 3.05) is 33.9 Å². The van der Waals surface area contributed by atoms with Crippen molar-refractivity contribution >= 4 is 6.09 Å². The first-order chi connectivity index (χ1) is 10.8. The lowest BCUT2D eigenvalue weighted by Crippen LogP contribution is -2.49. The smallest absolute Gasteiger partial charge is 0.410 e. The van der Waals surface area contributed by atoms with E-state index in [1.54, 1.807) is 19.1 Å². The van der Waals surface area contributed by atoms with E-state index in [2.05, 4.69) is 5.32 Å². The summed E-state index contributed by atoms with van der Waals surface area (Å²) in [5.41, 5.74) is 0.533. The molecular formula is C17H26N2O4. The fourth-order valence-electron chi connectivity index (χ4n) is 2.50. The zero-order valence-corrected chi connectivity index (χ0v) is 14.5. The summed E-state index contributed by atoms with van der Waals surface area (Å²) in [6, 6.07) is 5.76. The number of hydrogen-bond acceptors (Lipinski definition) is 5. The number of carbonyl (C=O) groups is 1. The van der Waals surface area contributed by atoms with Crippen LogP contribution in [0.15, 0.2) is 18.2 Å². The number of hydrogen-bond donors (Lipinski definition) is 1. The van der Waals surface area contributed by atoms with Crippen LogP contribution in [0.4, 0.5) is 4.79 Å². The molecule has 1 fully saturated rings. The zero-order valence-electron chi connectivity index (χ0n) is 14.5. The summed E-state index contributed by atoms with van der Waals surface area (Å²) in [5, 5.41) is 3.43. The van der Waals surface area contributed by atoms with Crippen LogP contribution in [-0.4, -0.2) is 50.4 Å². The summed E-state index contributed by atoms with van der Waals surface area (Å²) in [4.78, 5) is 14.0. The molecule has 128 valence electrons. The van der Waals surface area contributed by atoms with Gasteiger partial charge in [-0.2, -0.15) is 0 Å². The molecule has 6 heteroatoms. The normalized spacial score (nSPS) is 18.5. The second kappa shape index (κ2) is 7.08. The van der Waals surface area contributed by atoms with Crippen LogP contribution in [-0.2, 0) is 4.74 Å². The van der Waals surface area contributed by atoms with Crippen molar-refractivity contribution in [1.82, 2.24) is 10.2 Å². The van der Waals surface area contributed by atoms with E-state index in [1.807, 2.05) is 39.0 Å². The van der Waals surface area contributed by atoms with Crippen molar-refractivity contribution in [3.8, 4) is 11.5 Å². The van der Waals surface area contributed by atoms with Crippen molar-refractivity contribution in [2.24, 2.45) is 0 Å². The molecule has 23 heavy (non-hydrogen) atoms. The van der Waals surface area contributed by atoms with E-state index < -0.39 is 5.60 Å². The molecule has 1 aromatic carbocycles. The molecule has 1 aromatic rings. The summed E-state index contributed by atoms with van der Waals surface area (Å²) in [6.07, 6.45) is -0.279. The Kier molecular flexibility index (Phi) is 5.36. The van der Waals surface area contributed by atoms with Gasteiger partial charge in [0, 0.05) is 25.7 Å². The third-order valence-electron chi connectivity index (χ3n) is 3.60. The number of piperazine rings is 1. The molecule has 1 aliphatic heterocycles. The number of nitrogens with one attached hydrogen (secondary N) is 1. The molecule has 0 bridgehead atoms. The second-order valence-corrected chi connectivity index (χ2v) is 6.58. The Balaban J connectivity index is 2.13. The summed E-state index contributed by atoms with van der Waals surface area (Å²) < 4.78 is 16.1. The van der Waals surface area contributed by atoms with Crippen molar-refractivity contribution in [3.63, 3.8) is 0 Å². The van der Waals surface area contributed by atoms with Gasteiger partial charge in [0.1, 0.15) is 17.1 Å². The van der Waals surface area contributed by atoms with E-state index in [-0.39, 0.29) is 12.1 Å². The van der Waals surface area contributed by atoms with Gasteiger partial charge in [-0.15, -0.1) is 0 Å². The SMILES string of the molecule is COc1cc(OC)cc(C2CN(C(=O)OC(C)(C)C)CCN2)c1. The van der Waals surface area contributed by atoms with Gasteiger partial charge >= 0.3 is 6.09 Å². The number of nitrogens with zero attached hydrogens (tertiary/aromatic N) is 1. The van der Waals surface area contributed by atoms with Gasteiger partial charge in [0.25, 0.3) is 0 Å². The largest absolute Gasteiger partial charge is 0.497 e. The fraction of sp³-hybridized carbons (Fsp3) is 0.588. The fourth-order valence-corrected chi connectivity index (χ4v) is 2.50. The Labute approximate surface area is 137 Å². The molecule has 2 rings (SSSR count). The minimum Gasteiger partial charge on any atom is -0.497 e. The lowest BCUT2D eigenvalue weighted by molar-refractivity contribution is 0.0195. The summed E-state index contributed by atoms with van der Waals surface area (Å²) >= 11 is 0. The maximum Gasteiger partial charge on any atom is 0.410 e. The number of carbonyl (C=O) groups excluding carboxylic acids is 1. The molecule has 1 N–H and O–H groups in total. The second-order valence-electron chi connectivity index (χ2n) is 6.58. The van der Waals surface area contributed by atoms with E-state index in [0.717, 1.165) is 17.1 Å². The molecular weight excluding hydrogens is 296 g/mol. The van der Waals surface area contributed by atoms with Crippen LogP contribution in [0.25, 0.3) is 0 Å². The maximum absolute atomic E-state index is 12.3. The molecule has 1 aliphatic rings. The standard InChI is InChI=1S/C17H26N2O4/c1-17(2,3)23-16(20)19-7-6-18-15(11-19)12-8-13(21-4)10-14(9-12)22-5/h8-10,15,18H,6-7,11H2,1-5H3. The molecule has 0 spiro atoms. The van der Waals surface area contributed by atoms with Gasteiger partial charge in [-0.1, -0.05) is 0 Å². The Morgan fingerprint density at radius 2 is 1.78 bits per heavy atom. The van der Waals surface area contributed by atoms with E-state index >= 15 is 0 Å². The van der Waals surface area contributed by atoms with Gasteiger partial charge in [-0.3, -0.25) is 0 Å². The van der Waals surface area contributed by atoms with Crippen LogP contribution < -0.4 is 14.8 Å². The molecule has 1 heterocycles. The van der Waals surface area contributed by atoms with Crippen LogP contribution in [0, 0.1) is 0 Å². The Morgan fingerprint density at radius 1 is 1.17 bits per heavy atom. The van der Waals surface area contributed by atoms with Gasteiger partial charge < -0.3 is 24.4 Å². The third-order valence-corrected chi connectivity index (χ3v) is 3.60. The molecule has 0 saturated carbocycles. The number of methoxy groups -OCH3 is 2. The quantitative estimate of drug-likeness (QED) is 0.927. The van der Waals surface area contributed by atoms with Gasteiger partial charge in [-0.25, -0.2) is 4.79 Å². The van der Waals surface area contributed by atoms with E-state index in [4.69, 9.17) is 14.2 Å². The van der Waals surface area contributed by atoms with Crippen LogP contribution in [0.2, 0.25) is 0 Å². The Morgan fingerprint density at radius 3 is 2.30 bits per heavy atom. The monoisotopic (exact) mass is 322 g/mol. The zero-order chi connectivity index (χ0) is 17.0. The first-order valence-electron chi connectivity index (χ1n) is 7.76. The minimum absolute atomic E-state index is 0.0141. The highest BCUT2D eigenvalue weighted by Gasteiger charge is 2.28. The van der Waals surface area contributed by atoms with Gasteiger partial charge in [0.15, 0.2) is 0 Å². The van der Waals surface area contributed by atoms with Crippen LogP contribution >= 0.6 is 0 Å². The molecule has 1 unspecified atom stereocenters. The number of amides is 1. The average Bonchev–Trinajstić information content (AvgIpc) is 2.52. The Bertz CT molecular complexity index is 532. The highest BCUT2D eigenvalue weighted by Crippen LogP contribution is 2.28. The van der Waals surface area contributed by atoms with E-state index in [9.17, 15) is 4.79 Å². The molecule has 0 aliphatic carbocycles. The molecule has 1 atom stereocenters. The molecule has 6 nitrogen and oxygen atoms in total. The first-order valence-corrected chi connectivity index (χ1v) is 7.76. The van der Waals surface area contributed by atoms with E-state index in [0.29, 0.717) is 19.6 Å². The molecule has 1 saturated heterocycles. The van der Waals surface area contributed by atoms with E-state index in [1.165, 1.54) is 0 Å². The average molecular weight is 322 g/mol. The predicted molar refractivity (Wildman–Crippen MR) is 88.1 cm³/mol. The number of rotatable bonds is 3.